The second-order valence-electron chi connectivity index (χ2n) is 7.58. The molecule has 1 aliphatic carbocycles. The summed E-state index contributed by atoms with van der Waals surface area (Å²) in [6, 6.07) is 0.139. The van der Waals surface area contributed by atoms with Crippen LogP contribution in [0.1, 0.15) is 72.1 Å². The standard InChI is InChI=1S/C20H35N3O4/c1-4-21-18(25)12-13-22-17(24)6-5-7-19(26)23-16-10-8-15(9-11-16)20(27)14(2)3/h14-16H,4-13H2,1-3H3,(H,21,25)(H,22,24)(H,23,26). The lowest BCUT2D eigenvalue weighted by molar-refractivity contribution is -0.127. The molecule has 7 heteroatoms. The highest BCUT2D eigenvalue weighted by Crippen LogP contribution is 2.27. The van der Waals surface area contributed by atoms with Crippen LogP contribution in [-0.2, 0) is 19.2 Å². The van der Waals surface area contributed by atoms with E-state index in [-0.39, 0.29) is 48.4 Å². The van der Waals surface area contributed by atoms with Crippen molar-refractivity contribution in [3.8, 4) is 0 Å². The van der Waals surface area contributed by atoms with Gasteiger partial charge in [0.05, 0.1) is 0 Å². The first-order chi connectivity index (χ1) is 12.8. The second-order valence-corrected chi connectivity index (χ2v) is 7.58. The van der Waals surface area contributed by atoms with Crippen molar-refractivity contribution in [3.63, 3.8) is 0 Å². The average molecular weight is 382 g/mol. The first-order valence-electron chi connectivity index (χ1n) is 10.2. The van der Waals surface area contributed by atoms with Crippen LogP contribution in [0.2, 0.25) is 0 Å². The Labute approximate surface area is 162 Å². The fourth-order valence-corrected chi connectivity index (χ4v) is 3.39. The molecule has 0 atom stereocenters. The normalized spacial score (nSPS) is 19.4. The third kappa shape index (κ3) is 9.54. The topological polar surface area (TPSA) is 104 Å². The van der Waals surface area contributed by atoms with Crippen LogP contribution in [0, 0.1) is 11.8 Å². The summed E-state index contributed by atoms with van der Waals surface area (Å²) in [5.41, 5.74) is 0. The van der Waals surface area contributed by atoms with Crippen LogP contribution in [0.15, 0.2) is 0 Å². The van der Waals surface area contributed by atoms with E-state index < -0.39 is 0 Å². The van der Waals surface area contributed by atoms with E-state index in [2.05, 4.69) is 16.0 Å². The highest BCUT2D eigenvalue weighted by molar-refractivity contribution is 5.83. The van der Waals surface area contributed by atoms with Crippen LogP contribution in [0.4, 0.5) is 0 Å². The van der Waals surface area contributed by atoms with E-state index in [0.29, 0.717) is 31.7 Å². The summed E-state index contributed by atoms with van der Waals surface area (Å²) in [5, 5.41) is 8.38. The molecule has 0 saturated heterocycles. The van der Waals surface area contributed by atoms with Gasteiger partial charge in [0.2, 0.25) is 17.7 Å². The maximum atomic E-state index is 12.0. The molecule has 0 aromatic rings. The van der Waals surface area contributed by atoms with Gasteiger partial charge in [-0.15, -0.1) is 0 Å². The summed E-state index contributed by atoms with van der Waals surface area (Å²) in [6.45, 7) is 6.61. The molecule has 0 radical (unpaired) electrons. The molecule has 1 rings (SSSR count). The van der Waals surface area contributed by atoms with Gasteiger partial charge in [0.1, 0.15) is 5.78 Å². The quantitative estimate of drug-likeness (QED) is 0.507. The van der Waals surface area contributed by atoms with Gasteiger partial charge < -0.3 is 16.0 Å². The van der Waals surface area contributed by atoms with Gasteiger partial charge in [-0.05, 0) is 39.0 Å². The molecule has 0 bridgehead atoms. The van der Waals surface area contributed by atoms with Gasteiger partial charge in [-0.1, -0.05) is 13.8 Å². The molecular weight excluding hydrogens is 346 g/mol. The van der Waals surface area contributed by atoms with Gasteiger partial charge in [0, 0.05) is 50.2 Å². The van der Waals surface area contributed by atoms with E-state index in [4.69, 9.17) is 0 Å². The van der Waals surface area contributed by atoms with E-state index in [1.165, 1.54) is 0 Å². The molecule has 0 heterocycles. The summed E-state index contributed by atoms with van der Waals surface area (Å²) in [5.74, 6) is 0.290. The van der Waals surface area contributed by atoms with Gasteiger partial charge in [-0.3, -0.25) is 19.2 Å². The fraction of sp³-hybridized carbons (Fsp3) is 0.800. The van der Waals surface area contributed by atoms with Crippen LogP contribution in [0.5, 0.6) is 0 Å². The molecule has 1 aliphatic rings. The molecule has 27 heavy (non-hydrogen) atoms. The number of amides is 3. The fourth-order valence-electron chi connectivity index (χ4n) is 3.39. The molecule has 0 aromatic heterocycles. The highest BCUT2D eigenvalue weighted by Gasteiger charge is 2.28. The summed E-state index contributed by atoms with van der Waals surface area (Å²) >= 11 is 0. The zero-order chi connectivity index (χ0) is 20.2. The van der Waals surface area contributed by atoms with Crippen molar-refractivity contribution in [1.82, 2.24) is 16.0 Å². The van der Waals surface area contributed by atoms with Gasteiger partial charge in [0.15, 0.2) is 0 Å². The van der Waals surface area contributed by atoms with Crippen LogP contribution in [0.3, 0.4) is 0 Å². The lowest BCUT2D eigenvalue weighted by Crippen LogP contribution is -2.39. The number of carbonyl (C=O) groups excluding carboxylic acids is 4. The summed E-state index contributed by atoms with van der Waals surface area (Å²) in [7, 11) is 0. The zero-order valence-corrected chi connectivity index (χ0v) is 16.9. The first kappa shape index (κ1) is 23.1. The molecule has 0 aromatic carbocycles. The van der Waals surface area contributed by atoms with Crippen LogP contribution >= 0.6 is 0 Å². The minimum absolute atomic E-state index is 0.0382. The second kappa shape index (κ2) is 12.5. The predicted molar refractivity (Wildman–Crippen MR) is 104 cm³/mol. The summed E-state index contributed by atoms with van der Waals surface area (Å²) < 4.78 is 0. The zero-order valence-electron chi connectivity index (χ0n) is 16.9. The molecule has 0 unspecified atom stereocenters. The summed E-state index contributed by atoms with van der Waals surface area (Å²) in [4.78, 5) is 47.0. The Hall–Kier alpha value is -1.92. The van der Waals surface area contributed by atoms with Gasteiger partial charge in [-0.2, -0.15) is 0 Å². The van der Waals surface area contributed by atoms with Crippen molar-refractivity contribution in [2.45, 2.75) is 78.2 Å². The van der Waals surface area contributed by atoms with Crippen molar-refractivity contribution < 1.29 is 19.2 Å². The lowest BCUT2D eigenvalue weighted by atomic mass is 9.80. The average Bonchev–Trinajstić information content (AvgIpc) is 2.62. The molecule has 3 N–H and O–H groups in total. The van der Waals surface area contributed by atoms with Gasteiger partial charge >= 0.3 is 0 Å². The van der Waals surface area contributed by atoms with Crippen LogP contribution < -0.4 is 16.0 Å². The minimum Gasteiger partial charge on any atom is -0.356 e. The van der Waals surface area contributed by atoms with Crippen LogP contribution in [0.25, 0.3) is 0 Å². The Morgan fingerprint density at radius 3 is 2.04 bits per heavy atom. The van der Waals surface area contributed by atoms with Crippen molar-refractivity contribution in [3.05, 3.63) is 0 Å². The Bertz CT molecular complexity index is 511. The van der Waals surface area contributed by atoms with E-state index in [0.717, 1.165) is 25.7 Å². The Balaban J connectivity index is 2.11. The number of rotatable bonds is 11. The molecule has 3 amide bonds. The molecule has 1 fully saturated rings. The number of hydrogen-bond acceptors (Lipinski definition) is 4. The van der Waals surface area contributed by atoms with Crippen molar-refractivity contribution >= 4 is 23.5 Å². The van der Waals surface area contributed by atoms with Crippen molar-refractivity contribution in [2.75, 3.05) is 13.1 Å². The number of carbonyl (C=O) groups is 4. The largest absolute Gasteiger partial charge is 0.356 e. The first-order valence-corrected chi connectivity index (χ1v) is 10.2. The van der Waals surface area contributed by atoms with Crippen LogP contribution in [-0.4, -0.2) is 42.6 Å². The van der Waals surface area contributed by atoms with Gasteiger partial charge in [-0.25, -0.2) is 0 Å². The summed E-state index contributed by atoms with van der Waals surface area (Å²) in [6.07, 6.45) is 4.71. The smallest absolute Gasteiger partial charge is 0.221 e. The number of Topliss-reactive ketones (excluding diaryl/α,β-unsaturated/α-hetero) is 1. The Kier molecular flexibility index (Phi) is 10.7. The molecule has 1 saturated carbocycles. The maximum Gasteiger partial charge on any atom is 0.221 e. The molecule has 154 valence electrons. The van der Waals surface area contributed by atoms with E-state index in [1.807, 2.05) is 20.8 Å². The van der Waals surface area contributed by atoms with E-state index in [1.54, 1.807) is 0 Å². The monoisotopic (exact) mass is 381 g/mol. The molecule has 7 nitrogen and oxygen atoms in total. The van der Waals surface area contributed by atoms with E-state index >= 15 is 0 Å². The van der Waals surface area contributed by atoms with E-state index in [9.17, 15) is 19.2 Å². The molecular formula is C20H35N3O4. The Morgan fingerprint density at radius 1 is 0.852 bits per heavy atom. The molecule has 0 spiro atoms. The number of hydrogen-bond donors (Lipinski definition) is 3. The van der Waals surface area contributed by atoms with Crippen molar-refractivity contribution in [2.24, 2.45) is 11.8 Å². The third-order valence-electron chi connectivity index (χ3n) is 4.92. The lowest BCUT2D eigenvalue weighted by Gasteiger charge is -2.29. The highest BCUT2D eigenvalue weighted by atomic mass is 16.2. The minimum atomic E-state index is -0.139. The predicted octanol–water partition coefficient (Wildman–Crippen LogP) is 1.70. The Morgan fingerprint density at radius 2 is 1.44 bits per heavy atom. The SMILES string of the molecule is CCNC(=O)CCNC(=O)CCCC(=O)NC1CCC(C(=O)C(C)C)CC1. The molecule has 0 aliphatic heterocycles. The third-order valence-corrected chi connectivity index (χ3v) is 4.92. The number of nitrogens with one attached hydrogen (secondary N) is 3. The van der Waals surface area contributed by atoms with Gasteiger partial charge in [0.25, 0.3) is 0 Å². The number of ketones is 1. The van der Waals surface area contributed by atoms with Crippen molar-refractivity contribution in [1.29, 1.82) is 0 Å². The maximum absolute atomic E-state index is 12.0.